The van der Waals surface area contributed by atoms with Crippen LogP contribution in [0.3, 0.4) is 0 Å². The number of thioether (sulfide) groups is 2. The Morgan fingerprint density at radius 3 is 2.58 bits per heavy atom. The summed E-state index contributed by atoms with van der Waals surface area (Å²) in [5.41, 5.74) is 3.90. The third-order valence-electron chi connectivity index (χ3n) is 4.02. The van der Waals surface area contributed by atoms with Gasteiger partial charge in [-0.1, -0.05) is 32.0 Å². The van der Waals surface area contributed by atoms with E-state index in [-0.39, 0.29) is 6.10 Å². The SMILES string of the molecule is Cc1ccc(CC(O)C2CSC(C)C(C)S2)cc1C. The van der Waals surface area contributed by atoms with E-state index < -0.39 is 0 Å². The summed E-state index contributed by atoms with van der Waals surface area (Å²) >= 11 is 3.96. The molecule has 0 aromatic heterocycles. The van der Waals surface area contributed by atoms with Crippen LogP contribution in [-0.2, 0) is 6.42 Å². The number of benzene rings is 1. The van der Waals surface area contributed by atoms with Crippen LogP contribution in [-0.4, -0.2) is 32.7 Å². The highest BCUT2D eigenvalue weighted by molar-refractivity contribution is 8.07. The molecule has 1 aliphatic rings. The van der Waals surface area contributed by atoms with E-state index in [1.807, 2.05) is 23.5 Å². The Bertz CT molecular complexity index is 433. The Morgan fingerprint density at radius 1 is 1.21 bits per heavy atom. The Labute approximate surface area is 125 Å². The number of aliphatic hydroxyl groups is 1. The Kier molecular flexibility index (Phi) is 5.27. The first-order valence-corrected chi connectivity index (χ1v) is 8.97. The van der Waals surface area contributed by atoms with Gasteiger partial charge in [-0.15, -0.1) is 0 Å². The fourth-order valence-electron chi connectivity index (χ4n) is 2.31. The summed E-state index contributed by atoms with van der Waals surface area (Å²) in [6.45, 7) is 8.83. The fraction of sp³-hybridized carbons (Fsp3) is 0.625. The quantitative estimate of drug-likeness (QED) is 0.915. The van der Waals surface area contributed by atoms with Crippen LogP contribution < -0.4 is 0 Å². The Balaban J connectivity index is 1.97. The van der Waals surface area contributed by atoms with E-state index in [0.29, 0.717) is 15.7 Å². The summed E-state index contributed by atoms with van der Waals surface area (Å²) in [5.74, 6) is 1.07. The molecule has 1 aliphatic heterocycles. The zero-order chi connectivity index (χ0) is 14.0. The van der Waals surface area contributed by atoms with Crippen molar-refractivity contribution in [3.8, 4) is 0 Å². The lowest BCUT2D eigenvalue weighted by molar-refractivity contribution is 0.177. The maximum Gasteiger partial charge on any atom is 0.0707 e. The van der Waals surface area contributed by atoms with E-state index in [0.717, 1.165) is 12.2 Å². The molecule has 106 valence electrons. The van der Waals surface area contributed by atoms with Crippen molar-refractivity contribution in [3.63, 3.8) is 0 Å². The van der Waals surface area contributed by atoms with Crippen molar-refractivity contribution in [3.05, 3.63) is 34.9 Å². The van der Waals surface area contributed by atoms with Crippen molar-refractivity contribution >= 4 is 23.5 Å². The van der Waals surface area contributed by atoms with Crippen LogP contribution in [0.4, 0.5) is 0 Å². The standard InChI is InChI=1S/C16H24OS2/c1-10-5-6-14(7-11(10)2)8-15(17)16-9-18-12(3)13(4)19-16/h5-7,12-13,15-17H,8-9H2,1-4H3. The third kappa shape index (κ3) is 3.93. The second-order valence-corrected chi connectivity index (χ2v) is 8.64. The average Bonchev–Trinajstić information content (AvgIpc) is 2.37. The van der Waals surface area contributed by atoms with E-state index in [1.165, 1.54) is 16.7 Å². The first kappa shape index (κ1) is 15.3. The van der Waals surface area contributed by atoms with E-state index in [4.69, 9.17) is 0 Å². The predicted octanol–water partition coefficient (Wildman–Crippen LogP) is 3.83. The minimum atomic E-state index is -0.227. The summed E-state index contributed by atoms with van der Waals surface area (Å²) in [4.78, 5) is 0. The average molecular weight is 297 g/mol. The predicted molar refractivity (Wildman–Crippen MR) is 88.4 cm³/mol. The lowest BCUT2D eigenvalue weighted by Gasteiger charge is -2.33. The number of aryl methyl sites for hydroxylation is 2. The molecule has 0 saturated carbocycles. The van der Waals surface area contributed by atoms with Gasteiger partial charge >= 0.3 is 0 Å². The zero-order valence-electron chi connectivity index (χ0n) is 12.2. The van der Waals surface area contributed by atoms with E-state index in [9.17, 15) is 5.11 Å². The highest BCUT2D eigenvalue weighted by Crippen LogP contribution is 2.37. The molecule has 1 fully saturated rings. The molecule has 1 saturated heterocycles. The summed E-state index contributed by atoms with van der Waals surface area (Å²) in [7, 11) is 0. The van der Waals surface area contributed by atoms with Gasteiger partial charge in [0.05, 0.1) is 6.10 Å². The second-order valence-electron chi connectivity index (χ2n) is 5.61. The molecule has 4 atom stereocenters. The summed E-state index contributed by atoms with van der Waals surface area (Å²) < 4.78 is 0. The van der Waals surface area contributed by atoms with Crippen molar-refractivity contribution in [2.75, 3.05) is 5.75 Å². The molecule has 2 rings (SSSR count). The van der Waals surface area contributed by atoms with Gasteiger partial charge in [-0.2, -0.15) is 23.5 Å². The van der Waals surface area contributed by atoms with Gasteiger partial charge in [0.1, 0.15) is 0 Å². The maximum absolute atomic E-state index is 10.5. The van der Waals surface area contributed by atoms with Crippen LogP contribution >= 0.6 is 23.5 Å². The van der Waals surface area contributed by atoms with Gasteiger partial charge in [-0.25, -0.2) is 0 Å². The molecule has 0 radical (unpaired) electrons. The minimum absolute atomic E-state index is 0.227. The molecular formula is C16H24OS2. The van der Waals surface area contributed by atoms with E-state index >= 15 is 0 Å². The van der Waals surface area contributed by atoms with Crippen molar-refractivity contribution in [2.24, 2.45) is 0 Å². The van der Waals surface area contributed by atoms with Gasteiger partial charge in [-0.3, -0.25) is 0 Å². The van der Waals surface area contributed by atoms with Crippen molar-refractivity contribution in [2.45, 2.75) is 56.0 Å². The first-order chi connectivity index (χ1) is 8.97. The summed E-state index contributed by atoms with van der Waals surface area (Å²) in [5, 5.41) is 12.2. The summed E-state index contributed by atoms with van der Waals surface area (Å²) in [6.07, 6.45) is 0.551. The lowest BCUT2D eigenvalue weighted by atomic mass is 10.0. The van der Waals surface area contributed by atoms with Gasteiger partial charge in [0.15, 0.2) is 0 Å². The molecule has 1 aromatic carbocycles. The zero-order valence-corrected chi connectivity index (χ0v) is 13.9. The molecule has 3 heteroatoms. The number of rotatable bonds is 3. The lowest BCUT2D eigenvalue weighted by Crippen LogP contribution is -2.35. The highest BCUT2D eigenvalue weighted by Gasteiger charge is 2.30. The van der Waals surface area contributed by atoms with E-state index in [2.05, 4.69) is 45.9 Å². The fourth-order valence-corrected chi connectivity index (χ4v) is 5.33. The molecule has 4 unspecified atom stereocenters. The topological polar surface area (TPSA) is 20.2 Å². The first-order valence-electron chi connectivity index (χ1n) is 6.98. The summed E-state index contributed by atoms with van der Waals surface area (Å²) in [6, 6.07) is 6.52. The van der Waals surface area contributed by atoms with Gasteiger partial charge in [0.25, 0.3) is 0 Å². The molecule has 1 N–H and O–H groups in total. The molecular weight excluding hydrogens is 272 g/mol. The van der Waals surface area contributed by atoms with Crippen molar-refractivity contribution in [1.29, 1.82) is 0 Å². The highest BCUT2D eigenvalue weighted by atomic mass is 32.2. The molecule has 0 bridgehead atoms. The normalized spacial score (nSPS) is 29.2. The van der Waals surface area contributed by atoms with Crippen LogP contribution in [0.5, 0.6) is 0 Å². The molecule has 0 aliphatic carbocycles. The number of hydrogen-bond donors (Lipinski definition) is 1. The van der Waals surface area contributed by atoms with E-state index in [1.54, 1.807) is 0 Å². The molecule has 0 amide bonds. The molecule has 1 nitrogen and oxygen atoms in total. The Morgan fingerprint density at radius 2 is 1.95 bits per heavy atom. The van der Waals surface area contributed by atoms with Crippen LogP contribution in [0.25, 0.3) is 0 Å². The Hall–Kier alpha value is -0.120. The van der Waals surface area contributed by atoms with Gasteiger partial charge in [-0.05, 0) is 37.0 Å². The second kappa shape index (κ2) is 6.55. The number of aliphatic hydroxyl groups excluding tert-OH is 1. The van der Waals surface area contributed by atoms with Crippen molar-refractivity contribution < 1.29 is 5.11 Å². The largest absolute Gasteiger partial charge is 0.392 e. The van der Waals surface area contributed by atoms with Gasteiger partial charge < -0.3 is 5.11 Å². The smallest absolute Gasteiger partial charge is 0.0707 e. The molecule has 1 heterocycles. The monoisotopic (exact) mass is 296 g/mol. The van der Waals surface area contributed by atoms with Gasteiger partial charge in [0.2, 0.25) is 0 Å². The number of hydrogen-bond acceptors (Lipinski definition) is 3. The van der Waals surface area contributed by atoms with Crippen molar-refractivity contribution in [1.82, 2.24) is 0 Å². The minimum Gasteiger partial charge on any atom is -0.392 e. The van der Waals surface area contributed by atoms with Crippen LogP contribution in [0.1, 0.15) is 30.5 Å². The molecule has 1 aromatic rings. The third-order valence-corrected chi connectivity index (χ3v) is 7.56. The maximum atomic E-state index is 10.5. The van der Waals surface area contributed by atoms with Crippen LogP contribution in [0, 0.1) is 13.8 Å². The van der Waals surface area contributed by atoms with Crippen LogP contribution in [0.15, 0.2) is 18.2 Å². The van der Waals surface area contributed by atoms with Gasteiger partial charge in [0, 0.05) is 21.5 Å². The molecule has 0 spiro atoms. The van der Waals surface area contributed by atoms with Crippen LogP contribution in [0.2, 0.25) is 0 Å². The molecule has 19 heavy (non-hydrogen) atoms.